The molecule has 1 aliphatic rings. The van der Waals surface area contributed by atoms with Crippen LogP contribution in [0.15, 0.2) is 54.0 Å². The number of morpholine rings is 1. The molecule has 0 radical (unpaired) electrons. The fourth-order valence-electron chi connectivity index (χ4n) is 3.68. The molecular formula is C23H23N5O2S. The zero-order chi connectivity index (χ0) is 21.2. The van der Waals surface area contributed by atoms with E-state index in [-0.39, 0.29) is 0 Å². The minimum absolute atomic E-state index is 0.564. The summed E-state index contributed by atoms with van der Waals surface area (Å²) in [5, 5.41) is 5.41. The smallest absolute Gasteiger partial charge is 0.227 e. The first-order chi connectivity index (χ1) is 15.2. The summed E-state index contributed by atoms with van der Waals surface area (Å²) in [5.74, 6) is 1.22. The average Bonchev–Trinajstić information content (AvgIpc) is 3.24. The molecule has 0 aliphatic carbocycles. The van der Waals surface area contributed by atoms with E-state index in [0.29, 0.717) is 17.4 Å². The molecule has 7 nitrogen and oxygen atoms in total. The summed E-state index contributed by atoms with van der Waals surface area (Å²) in [6, 6.07) is 14.1. The van der Waals surface area contributed by atoms with Crippen LogP contribution in [0.5, 0.6) is 5.75 Å². The molecule has 3 N–H and O–H groups in total. The minimum atomic E-state index is 0.564. The molecule has 1 saturated heterocycles. The molecule has 0 bridgehead atoms. The molecule has 1 aliphatic heterocycles. The van der Waals surface area contributed by atoms with Crippen molar-refractivity contribution in [3.8, 4) is 16.9 Å². The fourth-order valence-corrected chi connectivity index (χ4v) is 4.55. The summed E-state index contributed by atoms with van der Waals surface area (Å²) in [7, 11) is 1.62. The molecule has 0 saturated carbocycles. The van der Waals surface area contributed by atoms with Crippen LogP contribution >= 0.6 is 11.3 Å². The van der Waals surface area contributed by atoms with Gasteiger partial charge in [-0.25, -0.2) is 9.97 Å². The van der Waals surface area contributed by atoms with E-state index in [1.54, 1.807) is 18.4 Å². The number of benzene rings is 2. The standard InChI is InChI=1S/C23H23N5O2S/c1-29-20-12-15(2-7-19(20)24)18-14-31-21-13-25-23(27-22(18)21)26-16-3-5-17(6-4-16)28-8-10-30-11-9-28/h2-7,12-14H,8-11,24H2,1H3,(H,25,26,27). The number of anilines is 4. The van der Waals surface area contributed by atoms with Crippen molar-refractivity contribution in [2.75, 3.05) is 49.4 Å². The van der Waals surface area contributed by atoms with Gasteiger partial charge in [-0.2, -0.15) is 0 Å². The molecule has 2 aromatic heterocycles. The van der Waals surface area contributed by atoms with Gasteiger partial charge in [-0.05, 0) is 42.0 Å². The van der Waals surface area contributed by atoms with E-state index in [1.807, 2.05) is 24.4 Å². The topological polar surface area (TPSA) is 85.5 Å². The number of hydrogen-bond donors (Lipinski definition) is 2. The summed E-state index contributed by atoms with van der Waals surface area (Å²) in [5.41, 5.74) is 11.7. The van der Waals surface area contributed by atoms with E-state index in [1.165, 1.54) is 5.69 Å². The highest BCUT2D eigenvalue weighted by Crippen LogP contribution is 2.36. The van der Waals surface area contributed by atoms with Crippen LogP contribution in [0, 0.1) is 0 Å². The van der Waals surface area contributed by atoms with Crippen LogP contribution in [0.4, 0.5) is 23.0 Å². The fraction of sp³-hybridized carbons (Fsp3) is 0.217. The number of ether oxygens (including phenoxy) is 2. The van der Waals surface area contributed by atoms with Crippen LogP contribution < -0.4 is 20.7 Å². The Morgan fingerprint density at radius 1 is 1.13 bits per heavy atom. The summed E-state index contributed by atoms with van der Waals surface area (Å²) >= 11 is 1.62. The number of aromatic nitrogens is 2. The number of rotatable bonds is 5. The highest BCUT2D eigenvalue weighted by atomic mass is 32.1. The lowest BCUT2D eigenvalue weighted by Crippen LogP contribution is -2.36. The summed E-state index contributed by atoms with van der Waals surface area (Å²) in [6.45, 7) is 3.39. The Morgan fingerprint density at radius 2 is 1.94 bits per heavy atom. The third-order valence-corrected chi connectivity index (χ3v) is 6.26. The van der Waals surface area contributed by atoms with Gasteiger partial charge in [0.05, 0.1) is 42.4 Å². The molecule has 158 valence electrons. The summed E-state index contributed by atoms with van der Waals surface area (Å²) in [6.07, 6.45) is 1.86. The van der Waals surface area contributed by atoms with Crippen molar-refractivity contribution in [2.24, 2.45) is 0 Å². The normalized spacial score (nSPS) is 14.0. The van der Waals surface area contributed by atoms with Gasteiger partial charge in [0.1, 0.15) is 5.75 Å². The first-order valence-electron chi connectivity index (χ1n) is 10.1. The lowest BCUT2D eigenvalue weighted by atomic mass is 10.1. The number of hydrogen-bond acceptors (Lipinski definition) is 8. The van der Waals surface area contributed by atoms with Crippen molar-refractivity contribution >= 4 is 44.6 Å². The number of nitrogens with zero attached hydrogens (tertiary/aromatic N) is 3. The lowest BCUT2D eigenvalue weighted by Gasteiger charge is -2.28. The lowest BCUT2D eigenvalue weighted by molar-refractivity contribution is 0.122. The predicted octanol–water partition coefficient (Wildman–Crippen LogP) is 4.53. The second kappa shape index (κ2) is 8.41. The van der Waals surface area contributed by atoms with Crippen LogP contribution in [-0.4, -0.2) is 43.4 Å². The van der Waals surface area contributed by atoms with Crippen LogP contribution in [0.25, 0.3) is 21.3 Å². The first-order valence-corrected chi connectivity index (χ1v) is 11.0. The Morgan fingerprint density at radius 3 is 2.71 bits per heavy atom. The minimum Gasteiger partial charge on any atom is -0.495 e. The molecule has 0 unspecified atom stereocenters. The monoisotopic (exact) mass is 433 g/mol. The third-order valence-electron chi connectivity index (χ3n) is 5.36. The summed E-state index contributed by atoms with van der Waals surface area (Å²) < 4.78 is 11.8. The molecule has 8 heteroatoms. The molecule has 0 atom stereocenters. The van der Waals surface area contributed by atoms with E-state index in [2.05, 4.69) is 44.8 Å². The third kappa shape index (κ3) is 3.99. The van der Waals surface area contributed by atoms with Crippen LogP contribution in [0.3, 0.4) is 0 Å². The highest BCUT2D eigenvalue weighted by Gasteiger charge is 2.13. The molecule has 5 rings (SSSR count). The number of nitrogens with one attached hydrogen (secondary N) is 1. The van der Waals surface area contributed by atoms with Crippen LogP contribution in [0.1, 0.15) is 0 Å². The van der Waals surface area contributed by atoms with Gasteiger partial charge in [0.25, 0.3) is 0 Å². The van der Waals surface area contributed by atoms with Gasteiger partial charge < -0.3 is 25.4 Å². The van der Waals surface area contributed by atoms with Gasteiger partial charge in [-0.15, -0.1) is 11.3 Å². The second-order valence-electron chi connectivity index (χ2n) is 7.28. The Kier molecular flexibility index (Phi) is 5.31. The molecule has 1 fully saturated rings. The van der Waals surface area contributed by atoms with Gasteiger partial charge >= 0.3 is 0 Å². The van der Waals surface area contributed by atoms with E-state index < -0.39 is 0 Å². The number of methoxy groups -OCH3 is 1. The maximum absolute atomic E-state index is 5.97. The average molecular weight is 434 g/mol. The van der Waals surface area contributed by atoms with E-state index in [0.717, 1.165) is 53.3 Å². The van der Waals surface area contributed by atoms with Crippen molar-refractivity contribution < 1.29 is 9.47 Å². The molecule has 3 heterocycles. The quantitative estimate of drug-likeness (QED) is 0.447. The summed E-state index contributed by atoms with van der Waals surface area (Å²) in [4.78, 5) is 11.6. The van der Waals surface area contributed by atoms with Gasteiger partial charge in [0.2, 0.25) is 5.95 Å². The predicted molar refractivity (Wildman–Crippen MR) is 127 cm³/mol. The van der Waals surface area contributed by atoms with E-state index in [4.69, 9.17) is 20.2 Å². The Labute approximate surface area is 184 Å². The Balaban J connectivity index is 1.40. The van der Waals surface area contributed by atoms with Crippen molar-refractivity contribution in [1.29, 1.82) is 0 Å². The zero-order valence-electron chi connectivity index (χ0n) is 17.2. The molecule has 31 heavy (non-hydrogen) atoms. The van der Waals surface area contributed by atoms with Crippen molar-refractivity contribution in [1.82, 2.24) is 9.97 Å². The van der Waals surface area contributed by atoms with E-state index in [9.17, 15) is 0 Å². The Hall–Kier alpha value is -3.36. The number of nitrogens with two attached hydrogens (primary N) is 1. The van der Waals surface area contributed by atoms with Gasteiger partial charge in [0.15, 0.2) is 0 Å². The van der Waals surface area contributed by atoms with Crippen LogP contribution in [0.2, 0.25) is 0 Å². The molecule has 0 amide bonds. The Bertz CT molecular complexity index is 1200. The zero-order valence-corrected chi connectivity index (χ0v) is 18.0. The molecular weight excluding hydrogens is 410 g/mol. The van der Waals surface area contributed by atoms with Crippen molar-refractivity contribution in [2.45, 2.75) is 0 Å². The van der Waals surface area contributed by atoms with Crippen molar-refractivity contribution in [3.05, 3.63) is 54.0 Å². The first kappa shape index (κ1) is 19.6. The number of thiophene rings is 1. The SMILES string of the molecule is COc1cc(-c2csc3cnc(Nc4ccc(N5CCOCC5)cc4)nc23)ccc1N. The highest BCUT2D eigenvalue weighted by molar-refractivity contribution is 7.17. The van der Waals surface area contributed by atoms with E-state index >= 15 is 0 Å². The van der Waals surface area contributed by atoms with Gasteiger partial charge in [-0.3, -0.25) is 0 Å². The van der Waals surface area contributed by atoms with Crippen LogP contribution in [-0.2, 0) is 4.74 Å². The van der Waals surface area contributed by atoms with Gasteiger partial charge in [0, 0.05) is 35.4 Å². The maximum atomic E-state index is 5.97. The molecule has 2 aromatic carbocycles. The van der Waals surface area contributed by atoms with Crippen molar-refractivity contribution in [3.63, 3.8) is 0 Å². The second-order valence-corrected chi connectivity index (χ2v) is 8.20. The van der Waals surface area contributed by atoms with Gasteiger partial charge in [-0.1, -0.05) is 6.07 Å². The largest absolute Gasteiger partial charge is 0.495 e. The number of nitrogen functional groups attached to an aromatic ring is 1. The number of fused-ring (bicyclic) bond motifs is 1. The molecule has 4 aromatic rings. The maximum Gasteiger partial charge on any atom is 0.227 e. The molecule has 0 spiro atoms.